The van der Waals surface area contributed by atoms with Gasteiger partial charge in [-0.1, -0.05) is 6.07 Å². The Morgan fingerprint density at radius 2 is 1.94 bits per heavy atom. The number of benzene rings is 1. The van der Waals surface area contributed by atoms with E-state index in [0.717, 1.165) is 0 Å². The zero-order chi connectivity index (χ0) is 13.9. The lowest BCUT2D eigenvalue weighted by Crippen LogP contribution is -2.51. The Labute approximate surface area is 104 Å². The molecule has 0 radical (unpaired) electrons. The van der Waals surface area contributed by atoms with E-state index in [1.807, 2.05) is 0 Å². The number of aryl methyl sites for hydroxylation is 1. The summed E-state index contributed by atoms with van der Waals surface area (Å²) in [5.41, 5.74) is -0.670. The number of halogens is 1. The maximum atomic E-state index is 13.2. The fourth-order valence-electron chi connectivity index (χ4n) is 1.17. The number of carbonyl (C=O) groups excluding carboxylic acids is 1. The molecule has 98 valence electrons. The zero-order valence-corrected chi connectivity index (χ0v) is 10.4. The van der Waals surface area contributed by atoms with Gasteiger partial charge >= 0.3 is 12.0 Å². The Balaban J connectivity index is 2.71. The van der Waals surface area contributed by atoms with E-state index in [1.54, 1.807) is 6.92 Å². The van der Waals surface area contributed by atoms with Gasteiger partial charge in [-0.05, 0) is 38.5 Å². The van der Waals surface area contributed by atoms with E-state index in [0.29, 0.717) is 5.56 Å². The van der Waals surface area contributed by atoms with E-state index in [1.165, 1.54) is 32.0 Å². The summed E-state index contributed by atoms with van der Waals surface area (Å²) in [6.07, 6.45) is 0. The van der Waals surface area contributed by atoms with Gasteiger partial charge in [0.05, 0.1) is 0 Å². The fraction of sp³-hybridized carbons (Fsp3) is 0.333. The van der Waals surface area contributed by atoms with Gasteiger partial charge in [0.15, 0.2) is 0 Å². The number of anilines is 1. The molecular formula is C12H15FN2O3. The highest BCUT2D eigenvalue weighted by Gasteiger charge is 2.28. The van der Waals surface area contributed by atoms with Crippen LogP contribution >= 0.6 is 0 Å². The molecule has 6 heteroatoms. The van der Waals surface area contributed by atoms with Crippen LogP contribution in [0.3, 0.4) is 0 Å². The first kappa shape index (κ1) is 14.0. The first-order valence-electron chi connectivity index (χ1n) is 5.31. The molecule has 0 aliphatic carbocycles. The average molecular weight is 254 g/mol. The number of hydrogen-bond donors (Lipinski definition) is 3. The maximum Gasteiger partial charge on any atom is 0.328 e. The minimum absolute atomic E-state index is 0.261. The molecule has 0 unspecified atom stereocenters. The van der Waals surface area contributed by atoms with E-state index in [9.17, 15) is 14.0 Å². The second-order valence-electron chi connectivity index (χ2n) is 4.47. The molecule has 0 heterocycles. The molecule has 0 aliphatic rings. The van der Waals surface area contributed by atoms with Crippen molar-refractivity contribution in [3.8, 4) is 0 Å². The number of aliphatic carboxylic acids is 1. The second-order valence-corrected chi connectivity index (χ2v) is 4.47. The predicted octanol–water partition coefficient (Wildman–Crippen LogP) is 2.12. The van der Waals surface area contributed by atoms with Crippen molar-refractivity contribution < 1.29 is 19.1 Å². The van der Waals surface area contributed by atoms with E-state index in [4.69, 9.17) is 5.11 Å². The summed E-state index contributed by atoms with van der Waals surface area (Å²) < 4.78 is 13.2. The molecule has 1 rings (SSSR count). The van der Waals surface area contributed by atoms with Crippen molar-refractivity contribution in [1.29, 1.82) is 0 Å². The van der Waals surface area contributed by atoms with Crippen LogP contribution in [0.1, 0.15) is 19.4 Å². The number of rotatable bonds is 3. The van der Waals surface area contributed by atoms with Crippen molar-refractivity contribution in [1.82, 2.24) is 5.32 Å². The molecule has 1 aromatic carbocycles. The number of amides is 2. The van der Waals surface area contributed by atoms with Gasteiger partial charge in [-0.25, -0.2) is 14.0 Å². The highest BCUT2D eigenvalue weighted by Crippen LogP contribution is 2.13. The third-order valence-electron chi connectivity index (χ3n) is 2.39. The molecule has 0 atom stereocenters. The van der Waals surface area contributed by atoms with Gasteiger partial charge in [-0.15, -0.1) is 0 Å². The number of nitrogens with one attached hydrogen (secondary N) is 2. The van der Waals surface area contributed by atoms with Crippen LogP contribution in [0.25, 0.3) is 0 Å². The minimum atomic E-state index is -1.40. The maximum absolute atomic E-state index is 13.2. The molecule has 1 aromatic rings. The summed E-state index contributed by atoms with van der Waals surface area (Å²) >= 11 is 0. The van der Waals surface area contributed by atoms with Crippen molar-refractivity contribution >= 4 is 17.7 Å². The molecule has 0 saturated carbocycles. The summed E-state index contributed by atoms with van der Waals surface area (Å²) in [4.78, 5) is 22.3. The van der Waals surface area contributed by atoms with Gasteiger partial charge < -0.3 is 15.7 Å². The van der Waals surface area contributed by atoms with E-state index in [2.05, 4.69) is 10.6 Å². The first-order chi connectivity index (χ1) is 8.22. The van der Waals surface area contributed by atoms with Gasteiger partial charge in [0.2, 0.25) is 0 Å². The van der Waals surface area contributed by atoms with Gasteiger partial charge in [-0.2, -0.15) is 0 Å². The highest BCUT2D eigenvalue weighted by atomic mass is 19.1. The fourth-order valence-corrected chi connectivity index (χ4v) is 1.17. The molecule has 5 nitrogen and oxygen atoms in total. The monoisotopic (exact) mass is 254 g/mol. The first-order valence-corrected chi connectivity index (χ1v) is 5.31. The average Bonchev–Trinajstić information content (AvgIpc) is 2.22. The Morgan fingerprint density at radius 3 is 2.44 bits per heavy atom. The van der Waals surface area contributed by atoms with Crippen LogP contribution in [0, 0.1) is 12.7 Å². The van der Waals surface area contributed by atoms with Crippen molar-refractivity contribution in [2.24, 2.45) is 0 Å². The Morgan fingerprint density at radius 1 is 1.33 bits per heavy atom. The zero-order valence-electron chi connectivity index (χ0n) is 10.4. The Kier molecular flexibility index (Phi) is 3.90. The Bertz CT molecular complexity index is 486. The van der Waals surface area contributed by atoms with Gasteiger partial charge in [0.25, 0.3) is 0 Å². The van der Waals surface area contributed by atoms with Crippen LogP contribution in [0.5, 0.6) is 0 Å². The normalized spacial score (nSPS) is 10.9. The van der Waals surface area contributed by atoms with Crippen LogP contribution in [0.15, 0.2) is 18.2 Å². The van der Waals surface area contributed by atoms with E-state index >= 15 is 0 Å². The molecule has 0 saturated heterocycles. The Hall–Kier alpha value is -2.11. The topological polar surface area (TPSA) is 78.4 Å². The van der Waals surface area contributed by atoms with Crippen LogP contribution in [-0.4, -0.2) is 22.6 Å². The molecule has 2 amide bonds. The number of urea groups is 1. The summed E-state index contributed by atoms with van der Waals surface area (Å²) in [5.74, 6) is -1.60. The molecule has 0 aliphatic heterocycles. The van der Waals surface area contributed by atoms with Gasteiger partial charge in [0.1, 0.15) is 11.4 Å². The minimum Gasteiger partial charge on any atom is -0.480 e. The van der Waals surface area contributed by atoms with E-state index in [-0.39, 0.29) is 5.69 Å². The molecule has 0 spiro atoms. The second kappa shape index (κ2) is 5.03. The number of carboxylic acid groups (broad SMARTS) is 1. The number of carboxylic acids is 1. The van der Waals surface area contributed by atoms with Crippen molar-refractivity contribution in [3.63, 3.8) is 0 Å². The molecule has 0 fully saturated rings. The predicted molar refractivity (Wildman–Crippen MR) is 65.0 cm³/mol. The lowest BCUT2D eigenvalue weighted by molar-refractivity contribution is -0.142. The quantitative estimate of drug-likeness (QED) is 0.773. The smallest absolute Gasteiger partial charge is 0.328 e. The van der Waals surface area contributed by atoms with Crippen molar-refractivity contribution in [2.45, 2.75) is 26.3 Å². The van der Waals surface area contributed by atoms with Gasteiger partial charge in [-0.3, -0.25) is 0 Å². The molecule has 0 bridgehead atoms. The molecule has 0 aromatic heterocycles. The van der Waals surface area contributed by atoms with Crippen LogP contribution < -0.4 is 10.6 Å². The highest BCUT2D eigenvalue weighted by molar-refractivity contribution is 5.93. The van der Waals surface area contributed by atoms with E-state index < -0.39 is 23.4 Å². The summed E-state index contributed by atoms with van der Waals surface area (Å²) in [6, 6.07) is 3.52. The molecule has 18 heavy (non-hydrogen) atoms. The summed E-state index contributed by atoms with van der Waals surface area (Å²) in [7, 11) is 0. The summed E-state index contributed by atoms with van der Waals surface area (Å²) in [5, 5.41) is 13.5. The summed E-state index contributed by atoms with van der Waals surface area (Å²) in [6.45, 7) is 4.31. The largest absolute Gasteiger partial charge is 0.480 e. The lowest BCUT2D eigenvalue weighted by atomic mass is 10.1. The molecular weight excluding hydrogens is 239 g/mol. The third kappa shape index (κ3) is 3.44. The lowest BCUT2D eigenvalue weighted by Gasteiger charge is -2.21. The number of carbonyl (C=O) groups is 2. The van der Waals surface area contributed by atoms with Crippen LogP contribution in [0.4, 0.5) is 14.9 Å². The SMILES string of the molecule is Cc1ccc(NC(=O)NC(C)(C)C(=O)O)cc1F. The number of hydrogen-bond acceptors (Lipinski definition) is 2. The van der Waals surface area contributed by atoms with Gasteiger partial charge in [0, 0.05) is 5.69 Å². The standard InChI is InChI=1S/C12H15FN2O3/c1-7-4-5-8(6-9(7)13)14-11(18)15-12(2,3)10(16)17/h4-6H,1-3H3,(H,16,17)(H2,14,15,18). The van der Waals surface area contributed by atoms with Crippen LogP contribution in [0.2, 0.25) is 0 Å². The van der Waals surface area contributed by atoms with Crippen molar-refractivity contribution in [2.75, 3.05) is 5.32 Å². The third-order valence-corrected chi connectivity index (χ3v) is 2.39. The molecule has 3 N–H and O–H groups in total. The van der Waals surface area contributed by atoms with Crippen LogP contribution in [-0.2, 0) is 4.79 Å². The van der Waals surface area contributed by atoms with Crippen molar-refractivity contribution in [3.05, 3.63) is 29.6 Å².